The summed E-state index contributed by atoms with van der Waals surface area (Å²) in [5.74, 6) is -0.131. The van der Waals surface area contributed by atoms with Crippen molar-refractivity contribution in [2.45, 2.75) is 33.7 Å². The number of aromatic nitrogens is 1. The Kier molecular flexibility index (Phi) is 3.63. The zero-order valence-corrected chi connectivity index (χ0v) is 12.0. The maximum atomic E-state index is 12.0. The van der Waals surface area contributed by atoms with E-state index in [1.165, 1.54) is 6.20 Å². The maximum absolute atomic E-state index is 12.0. The van der Waals surface area contributed by atoms with E-state index in [0.717, 1.165) is 0 Å². The lowest BCUT2D eigenvalue weighted by Crippen LogP contribution is -2.30. The Bertz CT molecular complexity index is 440. The van der Waals surface area contributed by atoms with Gasteiger partial charge < -0.3 is 11.1 Å². The number of nitrogens with one attached hydrogen (secondary N) is 1. The van der Waals surface area contributed by atoms with E-state index in [-0.39, 0.29) is 35.2 Å². The molecule has 1 saturated carbocycles. The van der Waals surface area contributed by atoms with Gasteiger partial charge in [0, 0.05) is 6.04 Å². The van der Waals surface area contributed by atoms with E-state index < -0.39 is 0 Å². The fraction of sp³-hybridized carbons (Fsp3) is 0.538. The first-order chi connectivity index (χ1) is 7.76. The summed E-state index contributed by atoms with van der Waals surface area (Å²) in [5, 5.41) is 3.03. The highest BCUT2D eigenvalue weighted by molar-refractivity contribution is 5.93. The zero-order valence-electron chi connectivity index (χ0n) is 11.2. The van der Waals surface area contributed by atoms with Gasteiger partial charge in [-0.1, -0.05) is 27.7 Å². The van der Waals surface area contributed by atoms with Crippen molar-refractivity contribution in [2.75, 3.05) is 5.73 Å². The van der Waals surface area contributed by atoms with Crippen LogP contribution in [0.25, 0.3) is 0 Å². The Morgan fingerprint density at radius 2 is 1.83 bits per heavy atom. The highest BCUT2D eigenvalue weighted by atomic mass is 35.5. The lowest BCUT2D eigenvalue weighted by atomic mass is 10.0. The van der Waals surface area contributed by atoms with Gasteiger partial charge in [0.25, 0.3) is 5.91 Å². The molecule has 1 aromatic heterocycles. The lowest BCUT2D eigenvalue weighted by molar-refractivity contribution is 0.0938. The van der Waals surface area contributed by atoms with Crippen molar-refractivity contribution < 1.29 is 4.79 Å². The number of amides is 1. The maximum Gasteiger partial charge on any atom is 0.270 e. The van der Waals surface area contributed by atoms with E-state index in [1.807, 2.05) is 0 Å². The molecule has 1 aliphatic rings. The van der Waals surface area contributed by atoms with Crippen LogP contribution in [0.3, 0.4) is 0 Å². The average molecular weight is 270 g/mol. The largest absolute Gasteiger partial charge is 0.397 e. The summed E-state index contributed by atoms with van der Waals surface area (Å²) >= 11 is 0. The van der Waals surface area contributed by atoms with Crippen molar-refractivity contribution in [2.24, 2.45) is 10.8 Å². The standard InChI is InChI=1S/C13H19N3O.ClH/c1-12(2)11(13(12,3)4)16-10(17)9-6-5-8(14)7-15-9;/h5-7,11H,14H2,1-4H3,(H,16,17);1H. The second-order valence-electron chi connectivity index (χ2n) is 5.83. The van der Waals surface area contributed by atoms with Crippen LogP contribution in [0.2, 0.25) is 0 Å². The summed E-state index contributed by atoms with van der Waals surface area (Å²) in [4.78, 5) is 16.0. The molecule has 0 aromatic carbocycles. The van der Waals surface area contributed by atoms with E-state index in [2.05, 4.69) is 38.0 Å². The Morgan fingerprint density at radius 3 is 2.22 bits per heavy atom. The van der Waals surface area contributed by atoms with Crippen LogP contribution >= 0.6 is 12.4 Å². The number of pyridine rings is 1. The molecule has 5 heteroatoms. The summed E-state index contributed by atoms with van der Waals surface area (Å²) < 4.78 is 0. The van der Waals surface area contributed by atoms with Gasteiger partial charge in [0.1, 0.15) is 5.69 Å². The van der Waals surface area contributed by atoms with Gasteiger partial charge in [0.05, 0.1) is 11.9 Å². The molecule has 0 radical (unpaired) electrons. The number of carbonyl (C=O) groups is 1. The second-order valence-corrected chi connectivity index (χ2v) is 5.83. The number of anilines is 1. The zero-order chi connectivity index (χ0) is 12.8. The molecule has 0 bridgehead atoms. The third-order valence-electron chi connectivity index (χ3n) is 4.32. The van der Waals surface area contributed by atoms with E-state index in [9.17, 15) is 4.79 Å². The van der Waals surface area contributed by atoms with Crippen LogP contribution in [0.4, 0.5) is 5.69 Å². The Hall–Kier alpha value is -1.29. The van der Waals surface area contributed by atoms with Gasteiger partial charge >= 0.3 is 0 Å². The van der Waals surface area contributed by atoms with E-state index in [4.69, 9.17) is 5.73 Å². The number of hydrogen-bond acceptors (Lipinski definition) is 3. The van der Waals surface area contributed by atoms with Crippen LogP contribution in [0.5, 0.6) is 0 Å². The molecule has 4 nitrogen and oxygen atoms in total. The van der Waals surface area contributed by atoms with Crippen LogP contribution < -0.4 is 11.1 Å². The first-order valence-electron chi connectivity index (χ1n) is 5.79. The van der Waals surface area contributed by atoms with Gasteiger partial charge in [-0.2, -0.15) is 0 Å². The molecule has 1 aliphatic carbocycles. The minimum atomic E-state index is -0.131. The predicted octanol–water partition coefficient (Wildman–Crippen LogP) is 2.25. The molecule has 1 aromatic rings. The van der Waals surface area contributed by atoms with Gasteiger partial charge in [-0.25, -0.2) is 4.98 Å². The summed E-state index contributed by atoms with van der Waals surface area (Å²) in [5.41, 5.74) is 6.78. The monoisotopic (exact) mass is 269 g/mol. The summed E-state index contributed by atoms with van der Waals surface area (Å²) in [6.45, 7) is 8.64. The van der Waals surface area contributed by atoms with E-state index in [1.54, 1.807) is 12.1 Å². The van der Waals surface area contributed by atoms with Crippen molar-refractivity contribution in [1.82, 2.24) is 10.3 Å². The topological polar surface area (TPSA) is 68.0 Å². The first-order valence-corrected chi connectivity index (χ1v) is 5.79. The summed E-state index contributed by atoms with van der Waals surface area (Å²) in [7, 11) is 0. The Morgan fingerprint density at radius 1 is 1.28 bits per heavy atom. The van der Waals surface area contributed by atoms with Gasteiger partial charge in [-0.15, -0.1) is 12.4 Å². The molecule has 1 amide bonds. The van der Waals surface area contributed by atoms with Gasteiger partial charge in [-0.3, -0.25) is 4.79 Å². The van der Waals surface area contributed by atoms with Crippen LogP contribution in [-0.4, -0.2) is 16.9 Å². The highest BCUT2D eigenvalue weighted by Gasteiger charge is 2.65. The minimum Gasteiger partial charge on any atom is -0.397 e. The average Bonchev–Trinajstić information content (AvgIpc) is 2.62. The SMILES string of the molecule is CC1(C)C(NC(=O)c2ccc(N)cn2)C1(C)C.Cl. The molecule has 1 fully saturated rings. The first kappa shape index (κ1) is 14.8. The summed E-state index contributed by atoms with van der Waals surface area (Å²) in [6, 6.07) is 3.53. The molecule has 18 heavy (non-hydrogen) atoms. The third kappa shape index (κ3) is 2.17. The van der Waals surface area contributed by atoms with E-state index in [0.29, 0.717) is 11.4 Å². The predicted molar refractivity (Wildman–Crippen MR) is 74.7 cm³/mol. The molecule has 0 aliphatic heterocycles. The molecule has 100 valence electrons. The molecule has 0 atom stereocenters. The van der Waals surface area contributed by atoms with Gasteiger partial charge in [0.2, 0.25) is 0 Å². The van der Waals surface area contributed by atoms with Crippen LogP contribution in [0, 0.1) is 10.8 Å². The Labute approximate surface area is 114 Å². The highest BCUT2D eigenvalue weighted by Crippen LogP contribution is 2.62. The molecule has 0 spiro atoms. The normalized spacial score (nSPS) is 19.8. The number of nitrogens with zero attached hydrogens (tertiary/aromatic N) is 1. The van der Waals surface area contributed by atoms with Crippen LogP contribution in [0.15, 0.2) is 18.3 Å². The molecular formula is C13H20ClN3O. The van der Waals surface area contributed by atoms with Crippen molar-refractivity contribution in [3.05, 3.63) is 24.0 Å². The lowest BCUT2D eigenvalue weighted by Gasteiger charge is -2.06. The molecule has 1 heterocycles. The quantitative estimate of drug-likeness (QED) is 0.865. The van der Waals surface area contributed by atoms with Crippen LogP contribution in [-0.2, 0) is 0 Å². The number of rotatable bonds is 2. The third-order valence-corrected chi connectivity index (χ3v) is 4.32. The molecular weight excluding hydrogens is 250 g/mol. The number of carbonyl (C=O) groups excluding carboxylic acids is 1. The second kappa shape index (κ2) is 4.43. The number of nitrogens with two attached hydrogens (primary N) is 1. The number of hydrogen-bond donors (Lipinski definition) is 2. The van der Waals surface area contributed by atoms with Crippen molar-refractivity contribution in [1.29, 1.82) is 0 Å². The molecule has 0 unspecified atom stereocenters. The minimum absolute atomic E-state index is 0. The van der Waals surface area contributed by atoms with Gasteiger partial charge in [0.15, 0.2) is 0 Å². The van der Waals surface area contributed by atoms with E-state index >= 15 is 0 Å². The molecule has 2 rings (SSSR count). The Balaban J connectivity index is 0.00000162. The molecule has 3 N–H and O–H groups in total. The summed E-state index contributed by atoms with van der Waals surface area (Å²) in [6.07, 6.45) is 1.50. The van der Waals surface area contributed by atoms with Crippen molar-refractivity contribution in [3.63, 3.8) is 0 Å². The molecule has 0 saturated heterocycles. The van der Waals surface area contributed by atoms with Gasteiger partial charge in [-0.05, 0) is 23.0 Å². The fourth-order valence-corrected chi connectivity index (χ4v) is 2.30. The number of halogens is 1. The number of nitrogen functional groups attached to an aromatic ring is 1. The smallest absolute Gasteiger partial charge is 0.270 e. The fourth-order valence-electron chi connectivity index (χ4n) is 2.30. The van der Waals surface area contributed by atoms with Crippen molar-refractivity contribution in [3.8, 4) is 0 Å². The van der Waals surface area contributed by atoms with Crippen LogP contribution in [0.1, 0.15) is 38.2 Å². The van der Waals surface area contributed by atoms with Crippen molar-refractivity contribution >= 4 is 24.0 Å².